The van der Waals surface area contributed by atoms with Crippen LogP contribution < -0.4 is 5.32 Å². The van der Waals surface area contributed by atoms with Crippen LogP contribution in [-0.2, 0) is 4.79 Å². The summed E-state index contributed by atoms with van der Waals surface area (Å²) in [4.78, 5) is 15.0. The van der Waals surface area contributed by atoms with Crippen LogP contribution in [0.15, 0.2) is 12.3 Å². The van der Waals surface area contributed by atoms with E-state index in [-0.39, 0.29) is 5.54 Å². The number of amides is 1. The molecule has 3 rings (SSSR count). The molecule has 0 aromatic carbocycles. The molecule has 3 heterocycles. The molecule has 5 heteroatoms. The van der Waals surface area contributed by atoms with Gasteiger partial charge in [0.1, 0.15) is 0 Å². The molecule has 2 N–H and O–H groups in total. The monoisotopic (exact) mass is 276 g/mol. The Balaban J connectivity index is 1.72. The Hall–Kier alpha value is -1.36. The predicted molar refractivity (Wildman–Crippen MR) is 77.4 cm³/mol. The second kappa shape index (κ2) is 5.56. The summed E-state index contributed by atoms with van der Waals surface area (Å²) in [5.41, 5.74) is 0.864. The third kappa shape index (κ3) is 2.35. The Morgan fingerprint density at radius 2 is 2.45 bits per heavy atom. The summed E-state index contributed by atoms with van der Waals surface area (Å²) in [5.74, 6) is 0.715. The van der Waals surface area contributed by atoms with Crippen molar-refractivity contribution in [2.45, 2.75) is 50.5 Å². The molecule has 0 saturated carbocycles. The van der Waals surface area contributed by atoms with E-state index < -0.39 is 0 Å². The van der Waals surface area contributed by atoms with Crippen LogP contribution in [0.25, 0.3) is 0 Å². The topological polar surface area (TPSA) is 61.0 Å². The van der Waals surface area contributed by atoms with Gasteiger partial charge < -0.3 is 10.2 Å². The summed E-state index contributed by atoms with van der Waals surface area (Å²) in [7, 11) is 0. The van der Waals surface area contributed by atoms with Gasteiger partial charge >= 0.3 is 0 Å². The van der Waals surface area contributed by atoms with E-state index in [1.54, 1.807) is 6.20 Å². The number of rotatable bonds is 3. The SMILES string of the molecule is CCC1(C(=O)N2CCCC(c3ccn[nH]3)C2)CCCN1. The van der Waals surface area contributed by atoms with E-state index in [9.17, 15) is 4.79 Å². The summed E-state index contributed by atoms with van der Waals surface area (Å²) < 4.78 is 0. The number of carbonyl (C=O) groups is 1. The van der Waals surface area contributed by atoms with Crippen LogP contribution in [0.3, 0.4) is 0 Å². The van der Waals surface area contributed by atoms with Crippen molar-refractivity contribution in [1.29, 1.82) is 0 Å². The number of nitrogens with one attached hydrogen (secondary N) is 2. The van der Waals surface area contributed by atoms with Gasteiger partial charge in [0, 0.05) is 30.9 Å². The molecule has 2 aliphatic heterocycles. The average molecular weight is 276 g/mol. The van der Waals surface area contributed by atoms with E-state index in [4.69, 9.17) is 0 Å². The minimum absolute atomic E-state index is 0.296. The molecule has 0 aliphatic carbocycles. The van der Waals surface area contributed by atoms with Gasteiger partial charge in [-0.25, -0.2) is 0 Å². The van der Waals surface area contributed by atoms with Gasteiger partial charge in [-0.2, -0.15) is 5.10 Å². The molecule has 2 atom stereocenters. The molecule has 5 nitrogen and oxygen atoms in total. The molecule has 2 fully saturated rings. The van der Waals surface area contributed by atoms with Crippen LogP contribution in [0.5, 0.6) is 0 Å². The largest absolute Gasteiger partial charge is 0.340 e. The second-order valence-electron chi connectivity index (χ2n) is 6.07. The predicted octanol–water partition coefficient (Wildman–Crippen LogP) is 1.65. The lowest BCUT2D eigenvalue weighted by atomic mass is 9.89. The van der Waals surface area contributed by atoms with Crippen molar-refractivity contribution in [3.63, 3.8) is 0 Å². The van der Waals surface area contributed by atoms with Gasteiger partial charge in [-0.3, -0.25) is 9.89 Å². The molecule has 2 saturated heterocycles. The Morgan fingerprint density at radius 3 is 3.10 bits per heavy atom. The highest BCUT2D eigenvalue weighted by Gasteiger charge is 2.42. The molecule has 110 valence electrons. The van der Waals surface area contributed by atoms with Crippen LogP contribution in [0.1, 0.15) is 50.6 Å². The van der Waals surface area contributed by atoms with Gasteiger partial charge in [-0.05, 0) is 44.7 Å². The van der Waals surface area contributed by atoms with E-state index in [1.165, 1.54) is 0 Å². The highest BCUT2D eigenvalue weighted by atomic mass is 16.2. The van der Waals surface area contributed by atoms with Crippen molar-refractivity contribution in [2.24, 2.45) is 0 Å². The number of hydrogen-bond donors (Lipinski definition) is 2. The van der Waals surface area contributed by atoms with Crippen LogP contribution in [-0.4, -0.2) is 46.2 Å². The Kier molecular flexibility index (Phi) is 3.78. The fourth-order valence-corrected chi connectivity index (χ4v) is 3.65. The maximum atomic E-state index is 12.9. The lowest BCUT2D eigenvalue weighted by Crippen LogP contribution is -2.56. The normalized spacial score (nSPS) is 30.6. The van der Waals surface area contributed by atoms with Crippen LogP contribution in [0.4, 0.5) is 0 Å². The second-order valence-corrected chi connectivity index (χ2v) is 6.07. The number of carbonyl (C=O) groups excluding carboxylic acids is 1. The first kappa shape index (κ1) is 13.6. The van der Waals surface area contributed by atoms with Gasteiger partial charge in [-0.1, -0.05) is 6.92 Å². The van der Waals surface area contributed by atoms with Gasteiger partial charge in [0.05, 0.1) is 5.54 Å². The molecule has 0 bridgehead atoms. The zero-order valence-electron chi connectivity index (χ0n) is 12.2. The first-order valence-electron chi connectivity index (χ1n) is 7.79. The number of nitrogens with zero attached hydrogens (tertiary/aromatic N) is 2. The summed E-state index contributed by atoms with van der Waals surface area (Å²) in [6.45, 7) is 4.81. The first-order valence-corrected chi connectivity index (χ1v) is 7.79. The lowest BCUT2D eigenvalue weighted by molar-refractivity contribution is -0.139. The molecule has 20 heavy (non-hydrogen) atoms. The molecule has 2 aliphatic rings. The van der Waals surface area contributed by atoms with Gasteiger partial charge in [0.25, 0.3) is 0 Å². The minimum Gasteiger partial charge on any atom is -0.340 e. The van der Waals surface area contributed by atoms with E-state index >= 15 is 0 Å². The van der Waals surface area contributed by atoms with Crippen molar-refractivity contribution < 1.29 is 4.79 Å². The molecular formula is C15H24N4O. The van der Waals surface area contributed by atoms with E-state index in [2.05, 4.69) is 27.3 Å². The molecule has 1 amide bonds. The summed E-state index contributed by atoms with van der Waals surface area (Å²) in [5, 5.41) is 10.5. The summed E-state index contributed by atoms with van der Waals surface area (Å²) >= 11 is 0. The lowest BCUT2D eigenvalue weighted by Gasteiger charge is -2.38. The fourth-order valence-electron chi connectivity index (χ4n) is 3.65. The molecular weight excluding hydrogens is 252 g/mol. The van der Waals surface area contributed by atoms with Crippen molar-refractivity contribution >= 4 is 5.91 Å². The van der Waals surface area contributed by atoms with E-state index in [1.807, 2.05) is 6.07 Å². The van der Waals surface area contributed by atoms with E-state index in [0.29, 0.717) is 11.8 Å². The Morgan fingerprint density at radius 1 is 1.55 bits per heavy atom. The average Bonchev–Trinajstić information content (AvgIpc) is 3.18. The molecule has 0 spiro atoms. The van der Waals surface area contributed by atoms with Crippen LogP contribution in [0.2, 0.25) is 0 Å². The Bertz CT molecular complexity index is 450. The van der Waals surface area contributed by atoms with Gasteiger partial charge in [0.2, 0.25) is 5.91 Å². The number of aromatic amines is 1. The zero-order valence-corrected chi connectivity index (χ0v) is 12.2. The maximum Gasteiger partial charge on any atom is 0.242 e. The number of piperidine rings is 1. The van der Waals surface area contributed by atoms with Crippen molar-refractivity contribution in [3.05, 3.63) is 18.0 Å². The smallest absolute Gasteiger partial charge is 0.242 e. The number of hydrogen-bond acceptors (Lipinski definition) is 3. The standard InChI is InChI=1S/C15H24N4O/c1-2-15(7-4-8-16-15)14(20)19-10-3-5-12(11-19)13-6-9-17-18-13/h6,9,12,16H,2-5,7-8,10-11H2,1H3,(H,17,18). The van der Waals surface area contributed by atoms with Gasteiger partial charge in [-0.15, -0.1) is 0 Å². The molecule has 1 aromatic rings. The molecule has 0 radical (unpaired) electrons. The summed E-state index contributed by atoms with van der Waals surface area (Å²) in [6, 6.07) is 2.03. The highest BCUT2D eigenvalue weighted by Crippen LogP contribution is 2.30. The first-order chi connectivity index (χ1) is 9.75. The van der Waals surface area contributed by atoms with Crippen molar-refractivity contribution in [1.82, 2.24) is 20.4 Å². The van der Waals surface area contributed by atoms with Crippen LogP contribution in [0, 0.1) is 0 Å². The number of likely N-dealkylation sites (tertiary alicyclic amines) is 1. The third-order valence-corrected chi connectivity index (χ3v) is 4.93. The highest BCUT2D eigenvalue weighted by molar-refractivity contribution is 5.87. The van der Waals surface area contributed by atoms with E-state index in [0.717, 1.165) is 57.4 Å². The quantitative estimate of drug-likeness (QED) is 0.882. The summed E-state index contributed by atoms with van der Waals surface area (Å²) in [6.07, 6.45) is 6.98. The number of H-pyrrole nitrogens is 1. The molecule has 2 unspecified atom stereocenters. The third-order valence-electron chi connectivity index (χ3n) is 4.93. The minimum atomic E-state index is -0.296. The Labute approximate surface area is 120 Å². The fraction of sp³-hybridized carbons (Fsp3) is 0.733. The van der Waals surface area contributed by atoms with Gasteiger partial charge in [0.15, 0.2) is 0 Å². The zero-order chi connectivity index (χ0) is 14.0. The molecule has 1 aromatic heterocycles. The van der Waals surface area contributed by atoms with Crippen molar-refractivity contribution in [3.8, 4) is 0 Å². The van der Waals surface area contributed by atoms with Crippen LogP contribution >= 0.6 is 0 Å². The van der Waals surface area contributed by atoms with Crippen molar-refractivity contribution in [2.75, 3.05) is 19.6 Å². The number of aromatic nitrogens is 2. The maximum absolute atomic E-state index is 12.9.